The van der Waals surface area contributed by atoms with Gasteiger partial charge in [-0.05, 0) is 29.8 Å². The Morgan fingerprint density at radius 2 is 1.72 bits per heavy atom. The maximum Gasteiger partial charge on any atom is 0.279 e. The summed E-state index contributed by atoms with van der Waals surface area (Å²) in [6.07, 6.45) is 0. The third-order valence-corrected chi connectivity index (χ3v) is 4.55. The predicted octanol–water partition coefficient (Wildman–Crippen LogP) is 2.07. The third kappa shape index (κ3) is 2.03. The molecule has 0 spiro atoms. The van der Waals surface area contributed by atoms with Crippen LogP contribution in [-0.2, 0) is 0 Å². The second-order valence-electron chi connectivity index (χ2n) is 5.68. The van der Waals surface area contributed by atoms with E-state index < -0.39 is 17.2 Å². The van der Waals surface area contributed by atoms with E-state index in [1.165, 1.54) is 4.68 Å². The molecule has 0 radical (unpaired) electrons. The SMILES string of the molecule is N#CC1=C(N)n2c(=O)c3ccccc3c(=O)n2C1c1cccc(Cl)c1. The van der Waals surface area contributed by atoms with E-state index in [0.717, 1.165) is 4.68 Å². The molecule has 0 bridgehead atoms. The minimum absolute atomic E-state index is 0.0414. The minimum Gasteiger partial charge on any atom is -0.383 e. The predicted molar refractivity (Wildman–Crippen MR) is 95.1 cm³/mol. The zero-order chi connectivity index (χ0) is 17.7. The first-order valence-corrected chi connectivity index (χ1v) is 7.84. The number of hydrogen-bond acceptors (Lipinski definition) is 4. The summed E-state index contributed by atoms with van der Waals surface area (Å²) in [7, 11) is 0. The Hall–Kier alpha value is -3.30. The second-order valence-corrected chi connectivity index (χ2v) is 6.12. The van der Waals surface area contributed by atoms with Crippen LogP contribution in [0.5, 0.6) is 0 Å². The van der Waals surface area contributed by atoms with Crippen LogP contribution in [0.1, 0.15) is 11.6 Å². The molecular formula is C18H11ClN4O2. The van der Waals surface area contributed by atoms with Gasteiger partial charge in [-0.1, -0.05) is 35.9 Å². The van der Waals surface area contributed by atoms with Crippen molar-refractivity contribution in [3.05, 3.63) is 85.4 Å². The second kappa shape index (κ2) is 5.36. The fourth-order valence-electron chi connectivity index (χ4n) is 3.22. The summed E-state index contributed by atoms with van der Waals surface area (Å²) in [5, 5.41) is 10.6. The Bertz CT molecular complexity index is 1230. The van der Waals surface area contributed by atoms with E-state index in [4.69, 9.17) is 17.3 Å². The highest BCUT2D eigenvalue weighted by Gasteiger charge is 2.34. The number of rotatable bonds is 1. The number of allylic oxidation sites excluding steroid dienone is 1. The van der Waals surface area contributed by atoms with Gasteiger partial charge in [-0.3, -0.25) is 9.59 Å². The maximum absolute atomic E-state index is 13.0. The molecule has 1 atom stereocenters. The molecule has 3 aromatic rings. The van der Waals surface area contributed by atoms with Gasteiger partial charge in [0.15, 0.2) is 0 Å². The van der Waals surface area contributed by atoms with Gasteiger partial charge in [-0.25, -0.2) is 4.68 Å². The van der Waals surface area contributed by atoms with Crippen LogP contribution in [0.25, 0.3) is 16.6 Å². The molecule has 0 aliphatic carbocycles. The van der Waals surface area contributed by atoms with E-state index in [0.29, 0.717) is 10.6 Å². The smallest absolute Gasteiger partial charge is 0.279 e. The van der Waals surface area contributed by atoms with Gasteiger partial charge in [0.1, 0.15) is 23.5 Å². The highest BCUT2D eigenvalue weighted by Crippen LogP contribution is 2.33. The molecule has 2 aromatic carbocycles. The molecule has 1 unspecified atom stereocenters. The van der Waals surface area contributed by atoms with Crippen molar-refractivity contribution in [3.63, 3.8) is 0 Å². The van der Waals surface area contributed by atoms with Crippen LogP contribution in [0, 0.1) is 11.3 Å². The first kappa shape index (κ1) is 15.2. The van der Waals surface area contributed by atoms with Crippen LogP contribution in [0.15, 0.2) is 63.7 Å². The van der Waals surface area contributed by atoms with Crippen molar-refractivity contribution in [2.75, 3.05) is 0 Å². The normalized spacial score (nSPS) is 16.1. The zero-order valence-corrected chi connectivity index (χ0v) is 13.6. The number of nitrogens with zero attached hydrogens (tertiary/aromatic N) is 3. The maximum atomic E-state index is 13.0. The summed E-state index contributed by atoms with van der Waals surface area (Å²) in [5.74, 6) is -0.0414. The Balaban J connectivity index is 2.17. The van der Waals surface area contributed by atoms with Gasteiger partial charge in [-0.2, -0.15) is 9.94 Å². The first-order valence-electron chi connectivity index (χ1n) is 7.46. The zero-order valence-electron chi connectivity index (χ0n) is 12.8. The van der Waals surface area contributed by atoms with Crippen molar-refractivity contribution in [2.24, 2.45) is 5.73 Å². The molecule has 0 amide bonds. The summed E-state index contributed by atoms with van der Waals surface area (Å²) in [6.45, 7) is 0. The largest absolute Gasteiger partial charge is 0.383 e. The first-order chi connectivity index (χ1) is 12.0. The van der Waals surface area contributed by atoms with E-state index in [2.05, 4.69) is 0 Å². The lowest BCUT2D eigenvalue weighted by molar-refractivity contribution is 0.539. The van der Waals surface area contributed by atoms with Crippen LogP contribution in [0.4, 0.5) is 0 Å². The number of halogens is 1. The van der Waals surface area contributed by atoms with Gasteiger partial charge in [-0.15, -0.1) is 0 Å². The Morgan fingerprint density at radius 3 is 2.36 bits per heavy atom. The highest BCUT2D eigenvalue weighted by atomic mass is 35.5. The average molecular weight is 351 g/mol. The summed E-state index contributed by atoms with van der Waals surface area (Å²) < 4.78 is 2.30. The Kier molecular flexibility index (Phi) is 3.27. The van der Waals surface area contributed by atoms with Crippen molar-refractivity contribution in [3.8, 4) is 6.07 Å². The molecule has 0 fully saturated rings. The quantitative estimate of drug-likeness (QED) is 0.727. The topological polar surface area (TPSA) is 93.8 Å². The van der Waals surface area contributed by atoms with E-state index in [1.807, 2.05) is 6.07 Å². The molecule has 4 rings (SSSR count). The van der Waals surface area contributed by atoms with Gasteiger partial charge in [0.2, 0.25) is 0 Å². The number of benzene rings is 2. The molecule has 2 N–H and O–H groups in total. The van der Waals surface area contributed by atoms with Crippen LogP contribution < -0.4 is 16.9 Å². The number of fused-ring (bicyclic) bond motifs is 2. The number of nitrogens with two attached hydrogens (primary N) is 1. The molecule has 2 heterocycles. The number of aromatic nitrogens is 2. The van der Waals surface area contributed by atoms with E-state index >= 15 is 0 Å². The molecule has 6 nitrogen and oxygen atoms in total. The summed E-state index contributed by atoms with van der Waals surface area (Å²) >= 11 is 6.06. The van der Waals surface area contributed by atoms with E-state index in [9.17, 15) is 14.9 Å². The lowest BCUT2D eigenvalue weighted by Crippen LogP contribution is -2.38. The summed E-state index contributed by atoms with van der Waals surface area (Å²) in [5.41, 5.74) is 5.96. The minimum atomic E-state index is -0.798. The van der Waals surface area contributed by atoms with Crippen LogP contribution in [-0.4, -0.2) is 9.36 Å². The van der Waals surface area contributed by atoms with Crippen LogP contribution >= 0.6 is 11.6 Å². The van der Waals surface area contributed by atoms with Gasteiger partial charge in [0, 0.05) is 5.02 Å². The number of nitriles is 1. The molecule has 7 heteroatoms. The highest BCUT2D eigenvalue weighted by molar-refractivity contribution is 6.30. The van der Waals surface area contributed by atoms with Crippen molar-refractivity contribution >= 4 is 28.2 Å². The summed E-state index contributed by atoms with van der Waals surface area (Å²) in [6, 6.07) is 14.5. The van der Waals surface area contributed by atoms with Gasteiger partial charge in [0.25, 0.3) is 11.1 Å². The average Bonchev–Trinajstić information content (AvgIpc) is 2.92. The number of hydrogen-bond donors (Lipinski definition) is 1. The van der Waals surface area contributed by atoms with Crippen LogP contribution in [0.2, 0.25) is 5.02 Å². The summed E-state index contributed by atoms with van der Waals surface area (Å²) in [4.78, 5) is 25.9. The Labute approximate surface area is 146 Å². The fraction of sp³-hybridized carbons (Fsp3) is 0.0556. The molecule has 0 saturated heterocycles. The van der Waals surface area contributed by atoms with Gasteiger partial charge < -0.3 is 5.73 Å². The standard InChI is InChI=1S/C18H11ClN4O2/c19-11-5-3-4-10(8-11)15-14(9-20)16(21)23-18(25)13-7-2-1-6-12(13)17(24)22(15)23/h1-8,15H,21H2. The lowest BCUT2D eigenvalue weighted by Gasteiger charge is -2.16. The monoisotopic (exact) mass is 350 g/mol. The van der Waals surface area contributed by atoms with Crippen molar-refractivity contribution in [1.29, 1.82) is 5.26 Å². The fourth-order valence-corrected chi connectivity index (χ4v) is 3.42. The van der Waals surface area contributed by atoms with Crippen molar-refractivity contribution in [2.45, 2.75) is 6.04 Å². The molecule has 1 aliphatic heterocycles. The van der Waals surface area contributed by atoms with E-state index in [1.54, 1.807) is 48.5 Å². The van der Waals surface area contributed by atoms with Crippen LogP contribution in [0.3, 0.4) is 0 Å². The van der Waals surface area contributed by atoms with Crippen molar-refractivity contribution < 1.29 is 0 Å². The molecule has 0 saturated carbocycles. The lowest BCUT2D eigenvalue weighted by atomic mass is 10.0. The Morgan fingerprint density at radius 1 is 1.04 bits per heavy atom. The molecule has 1 aromatic heterocycles. The molecule has 1 aliphatic rings. The molecular weight excluding hydrogens is 340 g/mol. The molecule has 25 heavy (non-hydrogen) atoms. The molecule has 122 valence electrons. The third-order valence-electron chi connectivity index (χ3n) is 4.31. The van der Waals surface area contributed by atoms with Gasteiger partial charge >= 0.3 is 0 Å². The van der Waals surface area contributed by atoms with Crippen molar-refractivity contribution in [1.82, 2.24) is 9.36 Å². The van der Waals surface area contributed by atoms with Gasteiger partial charge in [0.05, 0.1) is 10.8 Å². The van der Waals surface area contributed by atoms with E-state index in [-0.39, 0.29) is 22.2 Å².